The first kappa shape index (κ1) is 11.6. The van der Waals surface area contributed by atoms with E-state index in [1.807, 2.05) is 25.2 Å². The van der Waals surface area contributed by atoms with Gasteiger partial charge in [-0.05, 0) is 31.2 Å². The van der Waals surface area contributed by atoms with E-state index in [1.165, 1.54) is 5.56 Å². The number of pyridine rings is 1. The molecule has 0 amide bonds. The number of hydrogen-bond donors (Lipinski definition) is 1. The molecule has 1 rings (SSSR count). The number of aromatic nitrogens is 1. The van der Waals surface area contributed by atoms with Gasteiger partial charge < -0.3 is 10.6 Å². The quantitative estimate of drug-likeness (QED) is 0.754. The van der Waals surface area contributed by atoms with Gasteiger partial charge in [-0.3, -0.25) is 4.98 Å². The first-order valence-corrected chi connectivity index (χ1v) is 4.95. The standard InChI is InChI=1S/C11H16N4/c1-15(9-11(13)8-12)7-4-10-2-5-14-6-3-10/h2-3,5-6,11H,4,7,9,13H2,1H3. The van der Waals surface area contributed by atoms with Crippen LogP contribution in [0.15, 0.2) is 24.5 Å². The highest BCUT2D eigenvalue weighted by Gasteiger charge is 2.04. The molecule has 0 aromatic carbocycles. The van der Waals surface area contributed by atoms with Gasteiger partial charge >= 0.3 is 0 Å². The molecule has 1 atom stereocenters. The van der Waals surface area contributed by atoms with E-state index in [0.29, 0.717) is 6.54 Å². The van der Waals surface area contributed by atoms with E-state index in [0.717, 1.165) is 13.0 Å². The SMILES string of the molecule is CN(CCc1ccncc1)CC(N)C#N. The van der Waals surface area contributed by atoms with Crippen molar-refractivity contribution in [2.45, 2.75) is 12.5 Å². The van der Waals surface area contributed by atoms with Crippen LogP contribution in [0.5, 0.6) is 0 Å². The minimum Gasteiger partial charge on any atom is -0.315 e. The van der Waals surface area contributed by atoms with Gasteiger partial charge in [0.1, 0.15) is 6.04 Å². The highest BCUT2D eigenvalue weighted by Crippen LogP contribution is 1.98. The van der Waals surface area contributed by atoms with E-state index < -0.39 is 6.04 Å². The molecule has 80 valence electrons. The maximum absolute atomic E-state index is 8.56. The summed E-state index contributed by atoms with van der Waals surface area (Å²) < 4.78 is 0. The van der Waals surface area contributed by atoms with Crippen LogP contribution in [0.1, 0.15) is 5.56 Å². The summed E-state index contributed by atoms with van der Waals surface area (Å²) in [5.74, 6) is 0. The van der Waals surface area contributed by atoms with Gasteiger partial charge in [-0.1, -0.05) is 0 Å². The minimum atomic E-state index is -0.396. The van der Waals surface area contributed by atoms with Gasteiger partial charge in [0.15, 0.2) is 0 Å². The molecule has 15 heavy (non-hydrogen) atoms. The Morgan fingerprint density at radius 2 is 2.20 bits per heavy atom. The molecule has 1 heterocycles. The van der Waals surface area contributed by atoms with Crippen LogP contribution in [0.25, 0.3) is 0 Å². The molecule has 0 saturated carbocycles. The summed E-state index contributed by atoms with van der Waals surface area (Å²) in [7, 11) is 1.97. The van der Waals surface area contributed by atoms with Crippen LogP contribution in [0.3, 0.4) is 0 Å². The molecule has 0 radical (unpaired) electrons. The lowest BCUT2D eigenvalue weighted by molar-refractivity contribution is 0.332. The van der Waals surface area contributed by atoms with Gasteiger partial charge in [-0.2, -0.15) is 5.26 Å². The molecule has 1 aromatic heterocycles. The Balaban J connectivity index is 2.29. The van der Waals surface area contributed by atoms with Crippen LogP contribution in [0.4, 0.5) is 0 Å². The molecule has 1 aromatic rings. The first-order chi connectivity index (χ1) is 7.22. The number of nitriles is 1. The predicted octanol–water partition coefficient (Wildman–Crippen LogP) is 0.407. The number of rotatable bonds is 5. The van der Waals surface area contributed by atoms with E-state index in [1.54, 1.807) is 12.4 Å². The number of nitrogens with zero attached hydrogens (tertiary/aromatic N) is 3. The molecule has 0 aliphatic rings. The largest absolute Gasteiger partial charge is 0.315 e. The second-order valence-corrected chi connectivity index (χ2v) is 3.60. The lowest BCUT2D eigenvalue weighted by atomic mass is 10.2. The van der Waals surface area contributed by atoms with Crippen LogP contribution in [-0.4, -0.2) is 36.1 Å². The van der Waals surface area contributed by atoms with Crippen molar-refractivity contribution in [3.05, 3.63) is 30.1 Å². The molecule has 0 saturated heterocycles. The normalized spacial score (nSPS) is 12.4. The zero-order valence-corrected chi connectivity index (χ0v) is 8.93. The van der Waals surface area contributed by atoms with Gasteiger partial charge in [0.2, 0.25) is 0 Å². The molecule has 0 spiro atoms. The molecule has 4 heteroatoms. The van der Waals surface area contributed by atoms with Crippen LogP contribution in [0, 0.1) is 11.3 Å². The van der Waals surface area contributed by atoms with Gasteiger partial charge in [0, 0.05) is 25.5 Å². The van der Waals surface area contributed by atoms with Gasteiger partial charge in [-0.25, -0.2) is 0 Å². The number of nitrogens with two attached hydrogens (primary N) is 1. The number of hydrogen-bond acceptors (Lipinski definition) is 4. The number of likely N-dealkylation sites (N-methyl/N-ethyl adjacent to an activating group) is 1. The van der Waals surface area contributed by atoms with Crippen molar-refractivity contribution >= 4 is 0 Å². The predicted molar refractivity (Wildman–Crippen MR) is 59.0 cm³/mol. The Morgan fingerprint density at radius 1 is 1.53 bits per heavy atom. The van der Waals surface area contributed by atoms with Gasteiger partial charge in [0.25, 0.3) is 0 Å². The summed E-state index contributed by atoms with van der Waals surface area (Å²) in [6.07, 6.45) is 4.53. The Hall–Kier alpha value is -1.44. The van der Waals surface area contributed by atoms with E-state index in [4.69, 9.17) is 11.0 Å². The van der Waals surface area contributed by atoms with E-state index in [9.17, 15) is 0 Å². The Bertz CT molecular complexity index is 317. The second kappa shape index (κ2) is 6.12. The highest BCUT2D eigenvalue weighted by atomic mass is 15.1. The summed E-state index contributed by atoms with van der Waals surface area (Å²) in [4.78, 5) is 6.02. The van der Waals surface area contributed by atoms with Crippen molar-refractivity contribution in [3.63, 3.8) is 0 Å². The Morgan fingerprint density at radius 3 is 2.80 bits per heavy atom. The van der Waals surface area contributed by atoms with Crippen LogP contribution in [-0.2, 0) is 6.42 Å². The van der Waals surface area contributed by atoms with E-state index >= 15 is 0 Å². The van der Waals surface area contributed by atoms with Crippen molar-refractivity contribution in [1.29, 1.82) is 5.26 Å². The lowest BCUT2D eigenvalue weighted by Crippen LogP contribution is -2.35. The molecule has 0 fully saturated rings. The zero-order valence-electron chi connectivity index (χ0n) is 8.93. The van der Waals surface area contributed by atoms with Crippen molar-refractivity contribution in [2.75, 3.05) is 20.1 Å². The Labute approximate surface area is 90.3 Å². The maximum atomic E-state index is 8.56. The third kappa shape index (κ3) is 4.54. The topological polar surface area (TPSA) is 65.9 Å². The van der Waals surface area contributed by atoms with Crippen LogP contribution >= 0.6 is 0 Å². The smallest absolute Gasteiger partial charge is 0.106 e. The summed E-state index contributed by atoms with van der Waals surface area (Å²) in [5, 5.41) is 8.56. The van der Waals surface area contributed by atoms with Gasteiger partial charge in [0.05, 0.1) is 6.07 Å². The molecule has 0 aliphatic heterocycles. The van der Waals surface area contributed by atoms with Crippen LogP contribution in [0.2, 0.25) is 0 Å². The van der Waals surface area contributed by atoms with Crippen molar-refractivity contribution in [2.24, 2.45) is 5.73 Å². The fraction of sp³-hybridized carbons (Fsp3) is 0.455. The molecule has 2 N–H and O–H groups in total. The first-order valence-electron chi connectivity index (χ1n) is 4.95. The monoisotopic (exact) mass is 204 g/mol. The fourth-order valence-corrected chi connectivity index (χ4v) is 1.34. The Kier molecular flexibility index (Phi) is 4.75. The highest BCUT2D eigenvalue weighted by molar-refractivity contribution is 5.09. The minimum absolute atomic E-state index is 0.396. The van der Waals surface area contributed by atoms with Crippen molar-refractivity contribution < 1.29 is 0 Å². The molecule has 0 aliphatic carbocycles. The maximum Gasteiger partial charge on any atom is 0.106 e. The van der Waals surface area contributed by atoms with Crippen molar-refractivity contribution in [1.82, 2.24) is 9.88 Å². The lowest BCUT2D eigenvalue weighted by Gasteiger charge is -2.17. The fourth-order valence-electron chi connectivity index (χ4n) is 1.34. The van der Waals surface area contributed by atoms with Gasteiger partial charge in [-0.15, -0.1) is 0 Å². The third-order valence-corrected chi connectivity index (χ3v) is 2.21. The zero-order chi connectivity index (χ0) is 11.1. The molecule has 0 bridgehead atoms. The van der Waals surface area contributed by atoms with E-state index in [-0.39, 0.29) is 0 Å². The molecule has 1 unspecified atom stereocenters. The van der Waals surface area contributed by atoms with Crippen LogP contribution < -0.4 is 5.73 Å². The molecule has 4 nitrogen and oxygen atoms in total. The summed E-state index contributed by atoms with van der Waals surface area (Å²) in [6.45, 7) is 1.51. The average Bonchev–Trinajstić information content (AvgIpc) is 2.27. The van der Waals surface area contributed by atoms with Crippen molar-refractivity contribution in [3.8, 4) is 6.07 Å². The summed E-state index contributed by atoms with van der Waals surface area (Å²) >= 11 is 0. The average molecular weight is 204 g/mol. The summed E-state index contributed by atoms with van der Waals surface area (Å²) in [5.41, 5.74) is 6.78. The summed E-state index contributed by atoms with van der Waals surface area (Å²) in [6, 6.07) is 5.62. The third-order valence-electron chi connectivity index (χ3n) is 2.21. The van der Waals surface area contributed by atoms with E-state index in [2.05, 4.69) is 9.88 Å². The molecular formula is C11H16N4. The molecular weight excluding hydrogens is 188 g/mol. The second-order valence-electron chi connectivity index (χ2n) is 3.60.